The van der Waals surface area contributed by atoms with E-state index in [1.807, 2.05) is 54.6 Å². The third-order valence-corrected chi connectivity index (χ3v) is 6.34. The number of phenolic OH excluding ortho intramolecular Hbond substituents is 1. The van der Waals surface area contributed by atoms with Gasteiger partial charge < -0.3 is 14.6 Å². The zero-order chi connectivity index (χ0) is 24.1. The molecule has 0 saturated heterocycles. The molecule has 1 amide bonds. The molecule has 0 heterocycles. The van der Waals surface area contributed by atoms with Crippen LogP contribution >= 0.6 is 38.5 Å². The minimum absolute atomic E-state index is 0.106. The number of ether oxygens (including phenoxy) is 2. The van der Waals surface area contributed by atoms with Crippen molar-refractivity contribution in [2.75, 3.05) is 7.11 Å². The van der Waals surface area contributed by atoms with E-state index in [1.165, 1.54) is 6.21 Å². The van der Waals surface area contributed by atoms with Crippen LogP contribution in [-0.4, -0.2) is 24.3 Å². The van der Waals surface area contributed by atoms with E-state index in [4.69, 9.17) is 9.47 Å². The number of fused-ring (bicyclic) bond motifs is 1. The highest BCUT2D eigenvalue weighted by Gasteiger charge is 2.13. The van der Waals surface area contributed by atoms with Gasteiger partial charge in [-0.3, -0.25) is 4.79 Å². The average molecular weight is 631 g/mol. The van der Waals surface area contributed by atoms with Gasteiger partial charge in [-0.05, 0) is 96.8 Å². The first-order valence-corrected chi connectivity index (χ1v) is 12.1. The van der Waals surface area contributed by atoms with Gasteiger partial charge in [0.05, 0.1) is 23.4 Å². The molecule has 0 aliphatic rings. The minimum atomic E-state index is -0.511. The van der Waals surface area contributed by atoms with Crippen LogP contribution in [0.15, 0.2) is 82.4 Å². The van der Waals surface area contributed by atoms with Crippen LogP contribution in [0.2, 0.25) is 0 Å². The molecule has 4 aromatic rings. The van der Waals surface area contributed by atoms with Crippen molar-refractivity contribution in [1.29, 1.82) is 0 Å². The van der Waals surface area contributed by atoms with Gasteiger partial charge in [0.25, 0.3) is 5.91 Å². The van der Waals surface area contributed by atoms with Gasteiger partial charge >= 0.3 is 0 Å². The number of amides is 1. The van der Waals surface area contributed by atoms with E-state index in [0.717, 1.165) is 19.9 Å². The molecule has 172 valence electrons. The van der Waals surface area contributed by atoms with Crippen molar-refractivity contribution in [1.82, 2.24) is 5.43 Å². The van der Waals surface area contributed by atoms with E-state index in [0.29, 0.717) is 28.1 Å². The predicted molar refractivity (Wildman–Crippen MR) is 145 cm³/mol. The normalized spacial score (nSPS) is 11.0. The van der Waals surface area contributed by atoms with Crippen molar-refractivity contribution >= 4 is 61.4 Å². The highest BCUT2D eigenvalue weighted by atomic mass is 127. The maximum atomic E-state index is 12.5. The summed E-state index contributed by atoms with van der Waals surface area (Å²) in [4.78, 5) is 12.5. The molecule has 34 heavy (non-hydrogen) atoms. The average Bonchev–Trinajstić information content (AvgIpc) is 2.83. The molecule has 2 N–H and O–H groups in total. The Bertz CT molecular complexity index is 1370. The fraction of sp³-hybridized carbons (Fsp3) is 0.0769. The molecule has 4 aromatic carbocycles. The molecule has 0 aromatic heterocycles. The van der Waals surface area contributed by atoms with E-state index in [1.54, 1.807) is 25.3 Å². The number of carbonyl (C=O) groups is 1. The van der Waals surface area contributed by atoms with Gasteiger partial charge in [-0.1, -0.05) is 36.4 Å². The summed E-state index contributed by atoms with van der Waals surface area (Å²) in [6, 6.07) is 22.3. The molecule has 0 radical (unpaired) electrons. The van der Waals surface area contributed by atoms with Crippen molar-refractivity contribution in [3.05, 3.63) is 97.5 Å². The zero-order valence-electron chi connectivity index (χ0n) is 18.1. The highest BCUT2D eigenvalue weighted by molar-refractivity contribution is 14.1. The number of nitrogens with zero attached hydrogens (tertiary/aromatic N) is 1. The van der Waals surface area contributed by atoms with Gasteiger partial charge in [0.1, 0.15) is 12.4 Å². The Morgan fingerprint density at radius 2 is 1.79 bits per heavy atom. The lowest BCUT2D eigenvalue weighted by Gasteiger charge is -2.13. The molecule has 0 fully saturated rings. The topological polar surface area (TPSA) is 80.2 Å². The summed E-state index contributed by atoms with van der Waals surface area (Å²) in [5, 5.41) is 16.0. The summed E-state index contributed by atoms with van der Waals surface area (Å²) in [5.41, 5.74) is 4.34. The van der Waals surface area contributed by atoms with Gasteiger partial charge in [0.15, 0.2) is 11.5 Å². The molecule has 0 bridgehead atoms. The van der Waals surface area contributed by atoms with Crippen LogP contribution in [0.3, 0.4) is 0 Å². The van der Waals surface area contributed by atoms with Gasteiger partial charge in [-0.15, -0.1) is 0 Å². The standard InChI is InChI=1S/C26H20BrIN2O4/c1-33-24-11-17(10-22(27)25(24)34-15-16-6-8-20(28)9-7-16)14-29-30-26(32)21-12-18-4-2-3-5-19(18)13-23(21)31/h2-14,31H,15H2,1H3,(H,30,32). The number of benzene rings is 4. The third-order valence-electron chi connectivity index (χ3n) is 5.04. The molecule has 0 saturated carbocycles. The SMILES string of the molecule is COc1cc(C=NNC(=O)c2cc3ccccc3cc2O)cc(Br)c1OCc1ccc(I)cc1. The molecule has 0 aliphatic heterocycles. The summed E-state index contributed by atoms with van der Waals surface area (Å²) < 4.78 is 13.3. The number of hydrogen-bond acceptors (Lipinski definition) is 5. The van der Waals surface area contributed by atoms with Crippen LogP contribution in [0, 0.1) is 3.57 Å². The first-order valence-electron chi connectivity index (χ1n) is 10.2. The van der Waals surface area contributed by atoms with Gasteiger partial charge in [0.2, 0.25) is 0 Å². The largest absolute Gasteiger partial charge is 0.507 e. The summed E-state index contributed by atoms with van der Waals surface area (Å²) >= 11 is 5.79. The third kappa shape index (κ3) is 5.68. The maximum Gasteiger partial charge on any atom is 0.275 e. The van der Waals surface area contributed by atoms with E-state index < -0.39 is 5.91 Å². The molecule has 0 unspecified atom stereocenters. The van der Waals surface area contributed by atoms with E-state index in [2.05, 4.69) is 49.0 Å². The summed E-state index contributed by atoms with van der Waals surface area (Å²) in [6.07, 6.45) is 1.49. The molecule has 6 nitrogen and oxygen atoms in total. The summed E-state index contributed by atoms with van der Waals surface area (Å²) in [5.74, 6) is 0.483. The van der Waals surface area contributed by atoms with Crippen LogP contribution in [0.4, 0.5) is 0 Å². The number of halogens is 2. The van der Waals surface area contributed by atoms with Crippen molar-refractivity contribution in [3.8, 4) is 17.2 Å². The molecular weight excluding hydrogens is 611 g/mol. The summed E-state index contributed by atoms with van der Waals surface area (Å²) in [6.45, 7) is 0.393. The number of rotatable bonds is 7. The van der Waals surface area contributed by atoms with E-state index >= 15 is 0 Å². The van der Waals surface area contributed by atoms with E-state index in [-0.39, 0.29) is 11.3 Å². The Kier molecular flexibility index (Phi) is 7.69. The lowest BCUT2D eigenvalue weighted by atomic mass is 10.1. The Hall–Kier alpha value is -3.11. The van der Waals surface area contributed by atoms with Crippen molar-refractivity contribution in [2.45, 2.75) is 6.61 Å². The van der Waals surface area contributed by atoms with Gasteiger partial charge in [-0.25, -0.2) is 5.43 Å². The smallest absolute Gasteiger partial charge is 0.275 e. The molecular formula is C26H20BrIN2O4. The van der Waals surface area contributed by atoms with Gasteiger partial charge in [-0.2, -0.15) is 5.10 Å². The fourth-order valence-electron chi connectivity index (χ4n) is 3.33. The zero-order valence-corrected chi connectivity index (χ0v) is 21.8. The van der Waals surface area contributed by atoms with Crippen molar-refractivity contribution < 1.29 is 19.4 Å². The van der Waals surface area contributed by atoms with Crippen LogP contribution in [0.1, 0.15) is 21.5 Å². The monoisotopic (exact) mass is 630 g/mol. The Labute approximate surface area is 218 Å². The first kappa shape index (κ1) is 24.0. The minimum Gasteiger partial charge on any atom is -0.507 e. The highest BCUT2D eigenvalue weighted by Crippen LogP contribution is 2.37. The van der Waals surface area contributed by atoms with Crippen LogP contribution < -0.4 is 14.9 Å². The molecule has 0 aliphatic carbocycles. The number of aromatic hydroxyl groups is 1. The number of carbonyl (C=O) groups excluding carboxylic acids is 1. The Morgan fingerprint density at radius 1 is 1.09 bits per heavy atom. The second-order valence-corrected chi connectivity index (χ2v) is 9.46. The fourth-order valence-corrected chi connectivity index (χ4v) is 4.26. The predicted octanol–water partition coefficient (Wildman–Crippen LogP) is 6.26. The molecule has 0 atom stereocenters. The van der Waals surface area contributed by atoms with Crippen molar-refractivity contribution in [2.24, 2.45) is 5.10 Å². The second-order valence-electron chi connectivity index (χ2n) is 7.36. The number of hydrogen-bond donors (Lipinski definition) is 2. The number of nitrogens with one attached hydrogen (secondary N) is 1. The summed E-state index contributed by atoms with van der Waals surface area (Å²) in [7, 11) is 1.56. The van der Waals surface area contributed by atoms with Gasteiger partial charge in [0, 0.05) is 3.57 Å². The molecule has 8 heteroatoms. The number of hydrazone groups is 1. The van der Waals surface area contributed by atoms with Crippen molar-refractivity contribution in [3.63, 3.8) is 0 Å². The van der Waals surface area contributed by atoms with Crippen LogP contribution in [-0.2, 0) is 6.61 Å². The second kappa shape index (κ2) is 10.9. The lowest BCUT2D eigenvalue weighted by molar-refractivity contribution is 0.0952. The lowest BCUT2D eigenvalue weighted by Crippen LogP contribution is -2.17. The first-order chi connectivity index (χ1) is 16.4. The maximum absolute atomic E-state index is 12.5. The van der Waals surface area contributed by atoms with Crippen LogP contribution in [0.5, 0.6) is 17.2 Å². The van der Waals surface area contributed by atoms with E-state index in [9.17, 15) is 9.90 Å². The number of methoxy groups -OCH3 is 1. The Morgan fingerprint density at radius 3 is 2.50 bits per heavy atom. The molecule has 4 rings (SSSR count). The van der Waals surface area contributed by atoms with Crippen LogP contribution in [0.25, 0.3) is 10.8 Å². The quantitative estimate of drug-likeness (QED) is 0.143. The molecule has 0 spiro atoms. The number of phenols is 1. The Balaban J connectivity index is 1.46.